The molecule has 1 saturated heterocycles. The van der Waals surface area contributed by atoms with Gasteiger partial charge in [-0.15, -0.1) is 0 Å². The molecule has 0 radical (unpaired) electrons. The molecule has 0 spiro atoms. The number of anilines is 1. The molecule has 6 rings (SSSR count). The van der Waals surface area contributed by atoms with Crippen molar-refractivity contribution >= 4 is 34.9 Å². The average molecular weight is 559 g/mol. The zero-order valence-corrected chi connectivity index (χ0v) is 22.3. The summed E-state index contributed by atoms with van der Waals surface area (Å²) in [6.07, 6.45) is 5.16. The molecule has 2 aromatic carbocycles. The van der Waals surface area contributed by atoms with E-state index in [4.69, 9.17) is 37.6 Å². The van der Waals surface area contributed by atoms with E-state index < -0.39 is 5.97 Å². The first-order valence-electron chi connectivity index (χ1n) is 13.2. The van der Waals surface area contributed by atoms with E-state index in [9.17, 15) is 4.79 Å². The van der Waals surface area contributed by atoms with Crippen LogP contribution < -0.4 is 4.90 Å². The summed E-state index contributed by atoms with van der Waals surface area (Å²) in [5.74, 6) is 0.463. The van der Waals surface area contributed by atoms with Crippen LogP contribution in [-0.4, -0.2) is 34.9 Å². The Morgan fingerprint density at radius 2 is 1.97 bits per heavy atom. The van der Waals surface area contributed by atoms with Crippen LogP contribution >= 0.6 is 23.2 Å². The molecule has 3 fully saturated rings. The average Bonchev–Trinajstić information content (AvgIpc) is 3.33. The molecule has 2 aliphatic carbocycles. The number of benzene rings is 2. The summed E-state index contributed by atoms with van der Waals surface area (Å²) < 4.78 is 27.3. The maximum Gasteiger partial charge on any atom is 0.303 e. The van der Waals surface area contributed by atoms with Gasteiger partial charge >= 0.3 is 5.97 Å². The first-order valence-corrected chi connectivity index (χ1v) is 14.0. The number of fused-ring (bicyclic) bond motifs is 2. The lowest BCUT2D eigenvalue weighted by Crippen LogP contribution is -2.39. The SMILES string of the molecule is O=C(O)CCCc1ccc(N2C[C@@H]3C[C@H]2C[C@H]3OCc2c(-c3c(Cl)cccc3Cl)noc2C2CC2)c(F)c1. The summed E-state index contributed by atoms with van der Waals surface area (Å²) in [6.45, 7) is 1.12. The normalized spacial score (nSPS) is 22.4. The minimum Gasteiger partial charge on any atom is -0.481 e. The Balaban J connectivity index is 1.12. The molecule has 38 heavy (non-hydrogen) atoms. The number of aromatic nitrogens is 1. The van der Waals surface area contributed by atoms with E-state index in [2.05, 4.69) is 10.1 Å². The van der Waals surface area contributed by atoms with Gasteiger partial charge in [0.05, 0.1) is 28.4 Å². The second kappa shape index (κ2) is 10.5. The summed E-state index contributed by atoms with van der Waals surface area (Å²) >= 11 is 13.0. The van der Waals surface area contributed by atoms with Crippen LogP contribution in [0.1, 0.15) is 61.3 Å². The second-order valence-corrected chi connectivity index (χ2v) is 11.5. The van der Waals surface area contributed by atoms with Crippen molar-refractivity contribution < 1.29 is 23.6 Å². The number of nitrogens with zero attached hydrogens (tertiary/aromatic N) is 2. The van der Waals surface area contributed by atoms with Crippen LogP contribution in [0.15, 0.2) is 40.9 Å². The highest BCUT2D eigenvalue weighted by Crippen LogP contribution is 2.47. The number of hydrogen-bond acceptors (Lipinski definition) is 5. The minimum absolute atomic E-state index is 0.0751. The Bertz CT molecular complexity index is 1340. The monoisotopic (exact) mass is 558 g/mol. The number of ether oxygens (including phenoxy) is 1. The van der Waals surface area contributed by atoms with Gasteiger partial charge in [-0.1, -0.05) is 40.5 Å². The molecule has 1 N–H and O–H groups in total. The van der Waals surface area contributed by atoms with Gasteiger partial charge in [0.15, 0.2) is 0 Å². The van der Waals surface area contributed by atoms with Crippen molar-refractivity contribution in [3.8, 4) is 11.3 Å². The summed E-state index contributed by atoms with van der Waals surface area (Å²) in [4.78, 5) is 12.9. The van der Waals surface area contributed by atoms with Gasteiger partial charge in [-0.05, 0) is 68.4 Å². The molecule has 2 heterocycles. The molecule has 3 aromatic rings. The number of aliphatic carboxylic acids is 1. The summed E-state index contributed by atoms with van der Waals surface area (Å²) in [7, 11) is 0. The topological polar surface area (TPSA) is 75.8 Å². The first-order chi connectivity index (χ1) is 18.4. The van der Waals surface area contributed by atoms with E-state index in [1.54, 1.807) is 18.2 Å². The molecule has 6 nitrogen and oxygen atoms in total. The Labute approximate surface area is 230 Å². The van der Waals surface area contributed by atoms with Gasteiger partial charge in [0.1, 0.15) is 17.3 Å². The molecule has 1 aromatic heterocycles. The molecule has 1 aliphatic heterocycles. The smallest absolute Gasteiger partial charge is 0.303 e. The van der Waals surface area contributed by atoms with E-state index in [0.29, 0.717) is 58.3 Å². The van der Waals surface area contributed by atoms with Crippen molar-refractivity contribution in [3.05, 3.63) is 69.1 Å². The number of halogens is 3. The fourth-order valence-electron chi connectivity index (χ4n) is 6.03. The third-order valence-electron chi connectivity index (χ3n) is 8.06. The van der Waals surface area contributed by atoms with Crippen LogP contribution in [0, 0.1) is 11.7 Å². The zero-order valence-electron chi connectivity index (χ0n) is 20.8. The summed E-state index contributed by atoms with van der Waals surface area (Å²) in [5, 5.41) is 14.2. The van der Waals surface area contributed by atoms with Crippen molar-refractivity contribution in [1.82, 2.24) is 5.16 Å². The fraction of sp³-hybridized carbons (Fsp3) is 0.448. The van der Waals surface area contributed by atoms with Crippen LogP contribution in [0.5, 0.6) is 0 Å². The first kappa shape index (κ1) is 25.7. The largest absolute Gasteiger partial charge is 0.481 e. The minimum atomic E-state index is -0.830. The molecule has 0 unspecified atom stereocenters. The number of aryl methyl sites for hydroxylation is 1. The number of carboxylic acids is 1. The second-order valence-electron chi connectivity index (χ2n) is 10.7. The zero-order chi connectivity index (χ0) is 26.4. The molecule has 200 valence electrons. The van der Waals surface area contributed by atoms with E-state index in [-0.39, 0.29) is 24.4 Å². The Hall–Kier alpha value is -2.61. The Morgan fingerprint density at radius 3 is 2.63 bits per heavy atom. The summed E-state index contributed by atoms with van der Waals surface area (Å²) in [5.41, 5.74) is 3.69. The highest BCUT2D eigenvalue weighted by atomic mass is 35.5. The number of carboxylic acid groups (broad SMARTS) is 1. The molecule has 2 bridgehead atoms. The molecule has 2 saturated carbocycles. The summed E-state index contributed by atoms with van der Waals surface area (Å²) in [6, 6.07) is 10.9. The van der Waals surface area contributed by atoms with Crippen LogP contribution in [0.25, 0.3) is 11.3 Å². The van der Waals surface area contributed by atoms with Crippen LogP contribution in [0.3, 0.4) is 0 Å². The highest BCUT2D eigenvalue weighted by Gasteiger charge is 2.46. The number of carbonyl (C=O) groups is 1. The predicted molar refractivity (Wildman–Crippen MR) is 143 cm³/mol. The third-order valence-corrected chi connectivity index (χ3v) is 8.69. The van der Waals surface area contributed by atoms with E-state index >= 15 is 4.39 Å². The van der Waals surface area contributed by atoms with Crippen LogP contribution in [-0.2, 0) is 22.6 Å². The lowest BCUT2D eigenvalue weighted by molar-refractivity contribution is -0.137. The maximum absolute atomic E-state index is 15.0. The van der Waals surface area contributed by atoms with Gasteiger partial charge in [0, 0.05) is 42.0 Å². The van der Waals surface area contributed by atoms with Crippen molar-refractivity contribution in [3.63, 3.8) is 0 Å². The quantitative estimate of drug-likeness (QED) is 0.282. The number of rotatable bonds is 10. The Kier molecular flexibility index (Phi) is 7.10. The molecule has 3 aliphatic rings. The van der Waals surface area contributed by atoms with Crippen molar-refractivity contribution in [2.75, 3.05) is 11.4 Å². The van der Waals surface area contributed by atoms with Crippen molar-refractivity contribution in [2.45, 2.75) is 69.6 Å². The van der Waals surface area contributed by atoms with Gasteiger partial charge in [0.25, 0.3) is 0 Å². The Morgan fingerprint density at radius 1 is 1.18 bits per heavy atom. The van der Waals surface area contributed by atoms with Crippen molar-refractivity contribution in [2.24, 2.45) is 5.92 Å². The highest BCUT2D eigenvalue weighted by molar-refractivity contribution is 6.39. The predicted octanol–water partition coefficient (Wildman–Crippen LogP) is 7.26. The fourth-order valence-corrected chi connectivity index (χ4v) is 6.60. The molecule has 3 atom stereocenters. The standard InChI is InChI=1S/C29H29Cl2FN2O4/c30-21-4-2-5-22(31)27(21)28-20(29(38-33-28)17-8-9-17)15-37-25-13-19-12-18(25)14-34(19)24-10-7-16(11-23(24)32)3-1-6-26(35)36/h2,4-5,7,10-11,17-19,25H,1,3,6,8-9,12-15H2,(H,35,36)/t18-,19-,25+/m0/s1. The van der Waals surface area contributed by atoms with Gasteiger partial charge in [-0.25, -0.2) is 4.39 Å². The van der Waals surface area contributed by atoms with Crippen molar-refractivity contribution in [1.29, 1.82) is 0 Å². The van der Waals surface area contributed by atoms with Gasteiger partial charge < -0.3 is 19.3 Å². The lowest BCUT2D eigenvalue weighted by atomic mass is 10.0. The van der Waals surface area contributed by atoms with Crippen LogP contribution in [0.4, 0.5) is 10.1 Å². The van der Waals surface area contributed by atoms with Gasteiger partial charge in [0.2, 0.25) is 0 Å². The van der Waals surface area contributed by atoms with E-state index in [0.717, 1.165) is 49.1 Å². The van der Waals surface area contributed by atoms with Gasteiger partial charge in [-0.3, -0.25) is 4.79 Å². The van der Waals surface area contributed by atoms with E-state index in [1.165, 1.54) is 0 Å². The molecule has 0 amide bonds. The lowest BCUT2D eigenvalue weighted by Gasteiger charge is -2.33. The van der Waals surface area contributed by atoms with Gasteiger partial charge in [-0.2, -0.15) is 0 Å². The molecular weight excluding hydrogens is 530 g/mol. The molecular formula is C29H29Cl2FN2O4. The van der Waals surface area contributed by atoms with Crippen LogP contribution in [0.2, 0.25) is 10.0 Å². The van der Waals surface area contributed by atoms with E-state index in [1.807, 2.05) is 18.2 Å². The maximum atomic E-state index is 15.0. The molecule has 9 heteroatoms. The number of piperidine rings is 1. The third kappa shape index (κ3) is 5.04. The number of hydrogen-bond donors (Lipinski definition) is 1.